The molecule has 0 atom stereocenters. The van der Waals surface area contributed by atoms with Crippen LogP contribution in [0.25, 0.3) is 0 Å². The Morgan fingerprint density at radius 2 is 1.37 bits per heavy atom. The SMILES string of the molecule is Cc1ccc(C)c(N2CCN(CCCNC(=O)C(OCc3ccccc3)(c3ccccc3)c3ccccc3)CC2)c1. The molecule has 0 spiro atoms. The molecule has 4 aromatic carbocycles. The van der Waals surface area contributed by atoms with Crippen LogP contribution in [0.1, 0.15) is 34.2 Å². The Kier molecular flexibility index (Phi) is 9.50. The van der Waals surface area contributed by atoms with Crippen molar-refractivity contribution < 1.29 is 9.53 Å². The fourth-order valence-corrected chi connectivity index (χ4v) is 5.67. The summed E-state index contributed by atoms with van der Waals surface area (Å²) >= 11 is 0. The zero-order valence-corrected chi connectivity index (χ0v) is 24.3. The van der Waals surface area contributed by atoms with Gasteiger partial charge in [0.25, 0.3) is 5.91 Å². The lowest BCUT2D eigenvalue weighted by molar-refractivity contribution is -0.144. The Balaban J connectivity index is 1.24. The molecule has 212 valence electrons. The van der Waals surface area contributed by atoms with Crippen molar-refractivity contribution in [2.24, 2.45) is 0 Å². The number of nitrogens with one attached hydrogen (secondary N) is 1. The van der Waals surface area contributed by atoms with Gasteiger partial charge in [0.05, 0.1) is 6.61 Å². The van der Waals surface area contributed by atoms with Crippen LogP contribution in [0.15, 0.2) is 109 Å². The number of carbonyl (C=O) groups is 1. The number of hydrogen-bond donors (Lipinski definition) is 1. The Morgan fingerprint density at radius 3 is 1.98 bits per heavy atom. The second-order valence-corrected chi connectivity index (χ2v) is 10.9. The van der Waals surface area contributed by atoms with Gasteiger partial charge in [0.1, 0.15) is 0 Å². The molecule has 0 unspecified atom stereocenters. The lowest BCUT2D eigenvalue weighted by Gasteiger charge is -2.37. The molecule has 1 N–H and O–H groups in total. The predicted octanol–water partition coefficient (Wildman–Crippen LogP) is 6.09. The summed E-state index contributed by atoms with van der Waals surface area (Å²) in [6.45, 7) is 10.3. The number of ether oxygens (including phenoxy) is 1. The highest BCUT2D eigenvalue weighted by atomic mass is 16.5. The van der Waals surface area contributed by atoms with Gasteiger partial charge in [-0.25, -0.2) is 0 Å². The van der Waals surface area contributed by atoms with Crippen molar-refractivity contribution in [1.29, 1.82) is 0 Å². The smallest absolute Gasteiger partial charge is 0.261 e. The van der Waals surface area contributed by atoms with Crippen LogP contribution in [0.5, 0.6) is 0 Å². The number of anilines is 1. The standard InChI is InChI=1S/C36H41N3O2/c1-29-19-20-30(2)34(27-29)39-25-23-38(24-26-39)22-12-21-37-35(40)36(32-15-8-4-9-16-32,33-17-10-5-11-18-33)41-28-31-13-6-3-7-14-31/h3-11,13-20,27H,12,21-26,28H2,1-2H3,(H,37,40). The van der Waals surface area contributed by atoms with E-state index >= 15 is 0 Å². The number of carbonyl (C=O) groups excluding carboxylic acids is 1. The van der Waals surface area contributed by atoms with Crippen LogP contribution in [0, 0.1) is 13.8 Å². The summed E-state index contributed by atoms with van der Waals surface area (Å²) in [5.41, 5.74) is 5.40. The minimum atomic E-state index is -1.25. The molecule has 0 aliphatic carbocycles. The fourth-order valence-electron chi connectivity index (χ4n) is 5.67. The van der Waals surface area contributed by atoms with E-state index in [-0.39, 0.29) is 5.91 Å². The van der Waals surface area contributed by atoms with Gasteiger partial charge in [-0.2, -0.15) is 0 Å². The second kappa shape index (κ2) is 13.6. The third kappa shape index (κ3) is 6.87. The zero-order chi connectivity index (χ0) is 28.5. The molecule has 0 aromatic heterocycles. The highest BCUT2D eigenvalue weighted by molar-refractivity contribution is 5.90. The van der Waals surface area contributed by atoms with E-state index in [0.29, 0.717) is 13.2 Å². The van der Waals surface area contributed by atoms with E-state index in [1.165, 1.54) is 16.8 Å². The van der Waals surface area contributed by atoms with E-state index in [9.17, 15) is 4.79 Å². The van der Waals surface area contributed by atoms with Crippen molar-refractivity contribution in [3.8, 4) is 0 Å². The quantitative estimate of drug-likeness (QED) is 0.231. The molecule has 1 fully saturated rings. The highest BCUT2D eigenvalue weighted by Gasteiger charge is 2.43. The first kappa shape index (κ1) is 28.6. The molecule has 5 heteroatoms. The third-order valence-corrected chi connectivity index (χ3v) is 7.99. The number of hydrogen-bond acceptors (Lipinski definition) is 4. The number of amides is 1. The molecule has 0 radical (unpaired) electrons. The summed E-state index contributed by atoms with van der Waals surface area (Å²) < 4.78 is 6.64. The van der Waals surface area contributed by atoms with E-state index in [1.807, 2.05) is 91.0 Å². The lowest BCUT2D eigenvalue weighted by Crippen LogP contribution is -2.49. The molecular weight excluding hydrogens is 506 g/mol. The molecule has 41 heavy (non-hydrogen) atoms. The number of rotatable bonds is 11. The van der Waals surface area contributed by atoms with Gasteiger partial charge in [-0.3, -0.25) is 9.69 Å². The van der Waals surface area contributed by atoms with Crippen LogP contribution >= 0.6 is 0 Å². The summed E-state index contributed by atoms with van der Waals surface area (Å²) in [5, 5.41) is 3.24. The topological polar surface area (TPSA) is 44.8 Å². The average Bonchev–Trinajstić information content (AvgIpc) is 3.03. The molecule has 0 bridgehead atoms. The van der Waals surface area contributed by atoms with Gasteiger partial charge in [-0.1, -0.05) is 103 Å². The Hall–Kier alpha value is -3.93. The van der Waals surface area contributed by atoms with Gasteiger partial charge < -0.3 is 15.0 Å². The predicted molar refractivity (Wildman–Crippen MR) is 167 cm³/mol. The van der Waals surface area contributed by atoms with Gasteiger partial charge in [0.15, 0.2) is 5.60 Å². The van der Waals surface area contributed by atoms with Crippen LogP contribution in [0.4, 0.5) is 5.69 Å². The first-order valence-electron chi connectivity index (χ1n) is 14.7. The number of piperazine rings is 1. The number of nitrogens with zero attached hydrogens (tertiary/aromatic N) is 2. The minimum Gasteiger partial charge on any atom is -0.369 e. The second-order valence-electron chi connectivity index (χ2n) is 10.9. The maximum absolute atomic E-state index is 14.1. The first-order chi connectivity index (χ1) is 20.1. The summed E-state index contributed by atoms with van der Waals surface area (Å²) in [7, 11) is 0. The molecular formula is C36H41N3O2. The van der Waals surface area contributed by atoms with E-state index in [4.69, 9.17) is 4.74 Å². The maximum Gasteiger partial charge on any atom is 0.261 e. The first-order valence-corrected chi connectivity index (χ1v) is 14.7. The van der Waals surface area contributed by atoms with Crippen LogP contribution in [0.2, 0.25) is 0 Å². The molecule has 1 aliphatic rings. The molecule has 1 aliphatic heterocycles. The summed E-state index contributed by atoms with van der Waals surface area (Å²) in [4.78, 5) is 19.1. The van der Waals surface area contributed by atoms with Crippen LogP contribution in [-0.2, 0) is 21.7 Å². The van der Waals surface area contributed by atoms with Gasteiger partial charge in [-0.15, -0.1) is 0 Å². The van der Waals surface area contributed by atoms with Crippen molar-refractivity contribution in [1.82, 2.24) is 10.2 Å². The van der Waals surface area contributed by atoms with E-state index in [1.54, 1.807) is 0 Å². The zero-order valence-electron chi connectivity index (χ0n) is 24.3. The normalized spacial score (nSPS) is 14.1. The summed E-state index contributed by atoms with van der Waals surface area (Å²) in [5.74, 6) is -0.134. The molecule has 1 amide bonds. The van der Waals surface area contributed by atoms with Gasteiger partial charge in [-0.05, 0) is 60.7 Å². The Labute approximate surface area is 244 Å². The van der Waals surface area contributed by atoms with Gasteiger partial charge in [0, 0.05) is 38.4 Å². The Morgan fingerprint density at radius 1 is 0.780 bits per heavy atom. The van der Waals surface area contributed by atoms with Crippen molar-refractivity contribution in [3.63, 3.8) is 0 Å². The average molecular weight is 548 g/mol. The highest BCUT2D eigenvalue weighted by Crippen LogP contribution is 2.35. The van der Waals surface area contributed by atoms with Crippen LogP contribution in [-0.4, -0.2) is 50.1 Å². The Bertz CT molecular complexity index is 1350. The van der Waals surface area contributed by atoms with Gasteiger partial charge in [0.2, 0.25) is 0 Å². The minimum absolute atomic E-state index is 0.134. The molecule has 1 saturated heterocycles. The fraction of sp³-hybridized carbons (Fsp3) is 0.306. The third-order valence-electron chi connectivity index (χ3n) is 7.99. The van der Waals surface area contributed by atoms with Gasteiger partial charge >= 0.3 is 0 Å². The monoisotopic (exact) mass is 547 g/mol. The lowest BCUT2D eigenvalue weighted by atomic mass is 9.85. The number of benzene rings is 4. The van der Waals surface area contributed by atoms with E-state index in [2.05, 4.69) is 47.2 Å². The van der Waals surface area contributed by atoms with Crippen molar-refractivity contribution in [2.45, 2.75) is 32.5 Å². The molecule has 5 nitrogen and oxygen atoms in total. The largest absolute Gasteiger partial charge is 0.369 e. The molecule has 4 aromatic rings. The summed E-state index contributed by atoms with van der Waals surface area (Å²) in [6.07, 6.45) is 0.882. The molecule has 5 rings (SSSR count). The molecule has 1 heterocycles. The number of aryl methyl sites for hydroxylation is 2. The maximum atomic E-state index is 14.1. The molecule has 0 saturated carbocycles. The summed E-state index contributed by atoms with van der Waals surface area (Å²) in [6, 6.07) is 36.4. The van der Waals surface area contributed by atoms with E-state index < -0.39 is 5.60 Å². The van der Waals surface area contributed by atoms with E-state index in [0.717, 1.165) is 55.8 Å². The van der Waals surface area contributed by atoms with Crippen LogP contribution < -0.4 is 10.2 Å². The van der Waals surface area contributed by atoms with Crippen molar-refractivity contribution in [3.05, 3.63) is 137 Å². The van der Waals surface area contributed by atoms with Crippen molar-refractivity contribution >= 4 is 11.6 Å². The van der Waals surface area contributed by atoms with Crippen molar-refractivity contribution in [2.75, 3.05) is 44.2 Å². The van der Waals surface area contributed by atoms with Crippen LogP contribution in [0.3, 0.4) is 0 Å².